The quantitative estimate of drug-likeness (QED) is 0.163. The monoisotopic (exact) mass is 719 g/mol. The van der Waals surface area contributed by atoms with Crippen molar-refractivity contribution in [2.45, 2.75) is 26.2 Å². The van der Waals surface area contributed by atoms with Crippen LogP contribution < -0.4 is 9.64 Å². The summed E-state index contributed by atoms with van der Waals surface area (Å²) in [6, 6.07) is 70.0. The number of benzene rings is 9. The molecule has 56 heavy (non-hydrogen) atoms. The largest absolute Gasteiger partial charge is 0.457 e. The number of hydrogen-bond donors (Lipinski definition) is 0. The Kier molecular flexibility index (Phi) is 8.08. The van der Waals surface area contributed by atoms with Crippen LogP contribution >= 0.6 is 0 Å². The number of rotatable bonds is 7. The van der Waals surface area contributed by atoms with Crippen LogP contribution in [-0.4, -0.2) is 0 Å². The lowest BCUT2D eigenvalue weighted by Gasteiger charge is -2.29. The smallest absolute Gasteiger partial charge is 0.130 e. The van der Waals surface area contributed by atoms with E-state index in [2.05, 4.69) is 189 Å². The van der Waals surface area contributed by atoms with Gasteiger partial charge in [-0.05, 0) is 128 Å². The van der Waals surface area contributed by atoms with Gasteiger partial charge in [-0.25, -0.2) is 0 Å². The SMILES string of the molecule is Cc1c(Oc2ccccc2)ccc2ccc(-c3ccc(N(c4ccc(-c5cccc6ccccc56)cc4)c4cccc5c4-c4ccccc4C5(C)C)cc3)cc12. The zero-order valence-electron chi connectivity index (χ0n) is 31.8. The molecule has 1 aliphatic rings. The summed E-state index contributed by atoms with van der Waals surface area (Å²) in [5.74, 6) is 1.71. The molecule has 0 saturated carbocycles. The van der Waals surface area contributed by atoms with Gasteiger partial charge in [0.15, 0.2) is 0 Å². The second-order valence-electron chi connectivity index (χ2n) is 15.4. The van der Waals surface area contributed by atoms with Gasteiger partial charge in [0.2, 0.25) is 0 Å². The first-order valence-electron chi connectivity index (χ1n) is 19.4. The Morgan fingerprint density at radius 3 is 1.84 bits per heavy atom. The Bertz CT molecular complexity index is 2900. The van der Waals surface area contributed by atoms with Crippen molar-refractivity contribution >= 4 is 38.6 Å². The molecule has 2 heteroatoms. The van der Waals surface area contributed by atoms with Gasteiger partial charge in [0, 0.05) is 22.4 Å². The van der Waals surface area contributed by atoms with Gasteiger partial charge in [-0.1, -0.05) is 153 Å². The van der Waals surface area contributed by atoms with Crippen LogP contribution in [0.4, 0.5) is 17.1 Å². The maximum atomic E-state index is 6.30. The number of anilines is 3. The van der Waals surface area contributed by atoms with E-state index in [1.54, 1.807) is 0 Å². The lowest BCUT2D eigenvalue weighted by Crippen LogP contribution is -2.16. The van der Waals surface area contributed by atoms with Gasteiger partial charge >= 0.3 is 0 Å². The predicted octanol–water partition coefficient (Wildman–Crippen LogP) is 15.2. The first-order valence-corrected chi connectivity index (χ1v) is 19.4. The molecule has 0 fully saturated rings. The third-order valence-corrected chi connectivity index (χ3v) is 11.7. The Balaban J connectivity index is 1.07. The Morgan fingerprint density at radius 1 is 0.446 bits per heavy atom. The van der Waals surface area contributed by atoms with Crippen molar-refractivity contribution in [1.29, 1.82) is 0 Å². The number of ether oxygens (including phenoxy) is 1. The van der Waals surface area contributed by atoms with Crippen molar-refractivity contribution in [2.75, 3.05) is 4.90 Å². The zero-order chi connectivity index (χ0) is 37.8. The summed E-state index contributed by atoms with van der Waals surface area (Å²) in [5.41, 5.74) is 14.5. The van der Waals surface area contributed by atoms with Gasteiger partial charge in [0.25, 0.3) is 0 Å². The average molecular weight is 720 g/mol. The minimum absolute atomic E-state index is 0.101. The molecule has 0 bridgehead atoms. The molecule has 0 aliphatic heterocycles. The third kappa shape index (κ3) is 5.65. The fourth-order valence-corrected chi connectivity index (χ4v) is 8.77. The van der Waals surface area contributed by atoms with E-state index in [0.29, 0.717) is 0 Å². The standard InChI is InChI=1S/C54H41NO/c1-36-48-35-41(24-23-40(48)29-34-52(36)56-44-15-5-4-6-16-44)37-25-30-42(31-26-37)55(51-22-12-21-50-53(51)47-18-9-10-20-49(47)54(50,2)3)43-32-27-39(28-33-43)46-19-11-14-38-13-7-8-17-45(38)46/h4-35H,1-3H3. The fraction of sp³-hybridized carbons (Fsp3) is 0.0741. The molecule has 0 N–H and O–H groups in total. The van der Waals surface area contributed by atoms with Crippen molar-refractivity contribution in [3.8, 4) is 44.9 Å². The first kappa shape index (κ1) is 33.7. The Hall–Kier alpha value is -6.90. The van der Waals surface area contributed by atoms with Crippen LogP contribution in [0.25, 0.3) is 54.9 Å². The van der Waals surface area contributed by atoms with Gasteiger partial charge < -0.3 is 9.64 Å². The lowest BCUT2D eigenvalue weighted by atomic mass is 9.82. The maximum absolute atomic E-state index is 6.30. The van der Waals surface area contributed by atoms with Crippen LogP contribution in [0.3, 0.4) is 0 Å². The van der Waals surface area contributed by atoms with Crippen LogP contribution in [0.15, 0.2) is 194 Å². The van der Waals surface area contributed by atoms with E-state index in [4.69, 9.17) is 4.74 Å². The van der Waals surface area contributed by atoms with Crippen LogP contribution in [-0.2, 0) is 5.41 Å². The highest BCUT2D eigenvalue weighted by Gasteiger charge is 2.37. The molecule has 10 rings (SSSR count). The van der Waals surface area contributed by atoms with Crippen molar-refractivity contribution in [3.63, 3.8) is 0 Å². The molecule has 0 atom stereocenters. The predicted molar refractivity (Wildman–Crippen MR) is 236 cm³/mol. The number of para-hydroxylation sites is 1. The molecule has 0 saturated heterocycles. The second-order valence-corrected chi connectivity index (χ2v) is 15.4. The highest BCUT2D eigenvalue weighted by atomic mass is 16.5. The van der Waals surface area contributed by atoms with Gasteiger partial charge in [-0.15, -0.1) is 0 Å². The molecule has 0 amide bonds. The number of hydrogen-bond acceptors (Lipinski definition) is 2. The molecule has 9 aromatic rings. The zero-order valence-corrected chi connectivity index (χ0v) is 31.8. The summed E-state index contributed by atoms with van der Waals surface area (Å²) in [6.45, 7) is 6.85. The molecule has 0 radical (unpaired) electrons. The number of aryl methyl sites for hydroxylation is 1. The summed E-state index contributed by atoms with van der Waals surface area (Å²) in [6.07, 6.45) is 0. The summed E-state index contributed by atoms with van der Waals surface area (Å²) < 4.78 is 6.30. The lowest BCUT2D eigenvalue weighted by molar-refractivity contribution is 0.480. The normalized spacial score (nSPS) is 12.7. The van der Waals surface area contributed by atoms with Crippen molar-refractivity contribution in [3.05, 3.63) is 211 Å². The van der Waals surface area contributed by atoms with Crippen LogP contribution in [0.5, 0.6) is 11.5 Å². The molecule has 9 aromatic carbocycles. The average Bonchev–Trinajstić information content (AvgIpc) is 3.49. The maximum Gasteiger partial charge on any atom is 0.130 e. The van der Waals surface area contributed by atoms with Crippen LogP contribution in [0.1, 0.15) is 30.5 Å². The molecule has 268 valence electrons. The van der Waals surface area contributed by atoms with Gasteiger partial charge in [-0.3, -0.25) is 0 Å². The van der Waals surface area contributed by atoms with E-state index in [1.807, 2.05) is 30.3 Å². The molecule has 1 aliphatic carbocycles. The van der Waals surface area contributed by atoms with Crippen molar-refractivity contribution in [1.82, 2.24) is 0 Å². The van der Waals surface area contributed by atoms with Crippen LogP contribution in [0, 0.1) is 6.92 Å². The van der Waals surface area contributed by atoms with Gasteiger partial charge in [0.05, 0.1) is 5.69 Å². The molecule has 2 nitrogen and oxygen atoms in total. The minimum atomic E-state index is -0.101. The van der Waals surface area contributed by atoms with Crippen molar-refractivity contribution < 1.29 is 4.74 Å². The van der Waals surface area contributed by atoms with Crippen LogP contribution in [0.2, 0.25) is 0 Å². The first-order chi connectivity index (χ1) is 27.4. The summed E-state index contributed by atoms with van der Waals surface area (Å²) in [7, 11) is 0. The molecular formula is C54H41NO. The molecular weight excluding hydrogens is 679 g/mol. The van der Waals surface area contributed by atoms with Crippen molar-refractivity contribution in [2.24, 2.45) is 0 Å². The Labute approximate surface area is 328 Å². The summed E-state index contributed by atoms with van der Waals surface area (Å²) in [5, 5.41) is 4.90. The molecule has 0 aromatic heterocycles. The Morgan fingerprint density at radius 2 is 1.04 bits per heavy atom. The second kappa shape index (κ2) is 13.4. The van der Waals surface area contributed by atoms with Gasteiger partial charge in [0.1, 0.15) is 11.5 Å². The van der Waals surface area contributed by atoms with E-state index in [0.717, 1.165) is 28.4 Å². The van der Waals surface area contributed by atoms with Gasteiger partial charge in [-0.2, -0.15) is 0 Å². The topological polar surface area (TPSA) is 12.5 Å². The summed E-state index contributed by atoms with van der Waals surface area (Å²) >= 11 is 0. The highest BCUT2D eigenvalue weighted by Crippen LogP contribution is 2.54. The molecule has 0 spiro atoms. The number of fused-ring (bicyclic) bond motifs is 5. The van der Waals surface area contributed by atoms with E-state index >= 15 is 0 Å². The minimum Gasteiger partial charge on any atom is -0.457 e. The summed E-state index contributed by atoms with van der Waals surface area (Å²) in [4.78, 5) is 2.44. The number of nitrogens with zero attached hydrogens (tertiary/aromatic N) is 1. The van der Waals surface area contributed by atoms with E-state index in [-0.39, 0.29) is 5.41 Å². The molecule has 0 unspecified atom stereocenters. The van der Waals surface area contributed by atoms with E-state index in [1.165, 1.54) is 71.7 Å². The van der Waals surface area contributed by atoms with E-state index < -0.39 is 0 Å². The molecule has 0 heterocycles. The third-order valence-electron chi connectivity index (χ3n) is 11.7. The highest BCUT2D eigenvalue weighted by molar-refractivity contribution is 5.98. The van der Waals surface area contributed by atoms with E-state index in [9.17, 15) is 0 Å². The fourth-order valence-electron chi connectivity index (χ4n) is 8.77.